The number of carbonyl (C=O) groups excluding carboxylic acids is 1. The normalized spacial score (nSPS) is 16.9. The van der Waals surface area contributed by atoms with E-state index in [4.69, 9.17) is 0 Å². The van der Waals surface area contributed by atoms with Gasteiger partial charge in [-0.2, -0.15) is 16.4 Å². The number of fused-ring (bicyclic) bond motifs is 1. The van der Waals surface area contributed by atoms with E-state index >= 15 is 0 Å². The third-order valence-corrected chi connectivity index (χ3v) is 5.34. The maximum absolute atomic E-state index is 12.8. The summed E-state index contributed by atoms with van der Waals surface area (Å²) in [6.45, 7) is 1.40. The first-order valence-corrected chi connectivity index (χ1v) is 9.00. The number of aromatic nitrogens is 2. The van der Waals surface area contributed by atoms with E-state index in [0.29, 0.717) is 19.5 Å². The van der Waals surface area contributed by atoms with Crippen LogP contribution in [-0.4, -0.2) is 27.1 Å². The molecule has 122 valence electrons. The minimum atomic E-state index is 0.190. The number of hydrogen-bond acceptors (Lipinski definition) is 3. The van der Waals surface area contributed by atoms with Crippen LogP contribution in [-0.2, 0) is 24.8 Å². The molecule has 1 atom stereocenters. The lowest BCUT2D eigenvalue weighted by Gasteiger charge is -2.34. The highest BCUT2D eigenvalue weighted by Gasteiger charge is 2.29. The average molecular weight is 337 g/mol. The summed E-state index contributed by atoms with van der Waals surface area (Å²) in [4.78, 5) is 14.8. The standard InChI is InChI=1S/C19H19N3OS/c1-21-10-16(9-20-21)18-12-22(11-15-4-2-3-5-17(15)18)19(23)8-14-6-7-24-13-14/h2-7,9-10,13,18H,8,11-12H2,1H3. The first-order valence-electron chi connectivity index (χ1n) is 8.06. The van der Waals surface area contributed by atoms with Gasteiger partial charge >= 0.3 is 0 Å². The van der Waals surface area contributed by atoms with Gasteiger partial charge in [0.2, 0.25) is 5.91 Å². The molecule has 0 fully saturated rings. The maximum Gasteiger partial charge on any atom is 0.227 e. The topological polar surface area (TPSA) is 38.1 Å². The summed E-state index contributed by atoms with van der Waals surface area (Å²) in [5.41, 5.74) is 4.81. The van der Waals surface area contributed by atoms with Gasteiger partial charge in [0.05, 0.1) is 12.6 Å². The number of nitrogens with zero attached hydrogens (tertiary/aromatic N) is 3. The lowest BCUT2D eigenvalue weighted by atomic mass is 9.86. The van der Waals surface area contributed by atoms with Crippen LogP contribution in [0.1, 0.15) is 28.2 Å². The third-order valence-electron chi connectivity index (χ3n) is 4.61. The van der Waals surface area contributed by atoms with Gasteiger partial charge in [0.25, 0.3) is 0 Å². The van der Waals surface area contributed by atoms with Gasteiger partial charge in [-0.05, 0) is 39.1 Å². The SMILES string of the molecule is Cn1cc(C2CN(C(=O)Cc3ccsc3)Cc3ccccc32)cn1. The summed E-state index contributed by atoms with van der Waals surface area (Å²) < 4.78 is 1.82. The minimum absolute atomic E-state index is 0.190. The molecule has 1 unspecified atom stereocenters. The second-order valence-corrected chi connectivity index (χ2v) is 7.06. The Morgan fingerprint density at radius 1 is 1.33 bits per heavy atom. The molecule has 0 saturated carbocycles. The monoisotopic (exact) mass is 337 g/mol. The molecule has 24 heavy (non-hydrogen) atoms. The first-order chi connectivity index (χ1) is 11.7. The van der Waals surface area contributed by atoms with Crippen LogP contribution in [0.2, 0.25) is 0 Å². The van der Waals surface area contributed by atoms with E-state index in [2.05, 4.69) is 23.3 Å². The zero-order valence-corrected chi connectivity index (χ0v) is 14.4. The molecule has 0 spiro atoms. The van der Waals surface area contributed by atoms with Crippen LogP contribution in [0, 0.1) is 0 Å². The average Bonchev–Trinajstić information content (AvgIpc) is 3.25. The van der Waals surface area contributed by atoms with Crippen molar-refractivity contribution in [1.82, 2.24) is 14.7 Å². The van der Waals surface area contributed by atoms with Crippen molar-refractivity contribution in [3.63, 3.8) is 0 Å². The van der Waals surface area contributed by atoms with Gasteiger partial charge in [0.1, 0.15) is 0 Å². The Balaban J connectivity index is 1.63. The molecular weight excluding hydrogens is 318 g/mol. The molecule has 5 heteroatoms. The number of amides is 1. The number of rotatable bonds is 3. The predicted octanol–water partition coefficient (Wildman–Crippen LogP) is 3.20. The number of aryl methyl sites for hydroxylation is 1. The lowest BCUT2D eigenvalue weighted by molar-refractivity contribution is -0.131. The van der Waals surface area contributed by atoms with Crippen LogP contribution in [0.5, 0.6) is 0 Å². The summed E-state index contributed by atoms with van der Waals surface area (Å²) in [7, 11) is 1.93. The van der Waals surface area contributed by atoms with Gasteiger partial charge in [-0.15, -0.1) is 0 Å². The molecule has 1 aliphatic rings. The number of hydrogen-bond donors (Lipinski definition) is 0. The second-order valence-electron chi connectivity index (χ2n) is 6.28. The summed E-state index contributed by atoms with van der Waals surface area (Å²) in [6, 6.07) is 10.5. The highest BCUT2D eigenvalue weighted by Crippen LogP contribution is 2.33. The highest BCUT2D eigenvalue weighted by atomic mass is 32.1. The zero-order chi connectivity index (χ0) is 16.5. The number of thiophene rings is 1. The Hall–Kier alpha value is -2.40. The van der Waals surface area contributed by atoms with Gasteiger partial charge in [-0.3, -0.25) is 9.48 Å². The Morgan fingerprint density at radius 2 is 2.21 bits per heavy atom. The number of benzene rings is 1. The van der Waals surface area contributed by atoms with Gasteiger partial charge in [-0.25, -0.2) is 0 Å². The van der Waals surface area contributed by atoms with Crippen molar-refractivity contribution in [2.75, 3.05) is 6.54 Å². The van der Waals surface area contributed by atoms with Crippen molar-refractivity contribution >= 4 is 17.2 Å². The van der Waals surface area contributed by atoms with E-state index in [9.17, 15) is 4.79 Å². The summed E-state index contributed by atoms with van der Waals surface area (Å²) in [6.07, 6.45) is 4.44. The first kappa shape index (κ1) is 15.1. The lowest BCUT2D eigenvalue weighted by Crippen LogP contribution is -2.39. The molecule has 0 aliphatic carbocycles. The fourth-order valence-electron chi connectivity index (χ4n) is 3.38. The molecule has 2 aromatic heterocycles. The molecular formula is C19H19N3OS. The Labute approximate surface area is 145 Å². The van der Waals surface area contributed by atoms with Crippen LogP contribution in [0.15, 0.2) is 53.5 Å². The zero-order valence-electron chi connectivity index (χ0n) is 13.6. The van der Waals surface area contributed by atoms with Gasteiger partial charge < -0.3 is 4.90 Å². The van der Waals surface area contributed by atoms with Crippen molar-refractivity contribution in [2.45, 2.75) is 18.9 Å². The Bertz CT molecular complexity index is 853. The number of carbonyl (C=O) groups is 1. The second kappa shape index (κ2) is 6.24. The Morgan fingerprint density at radius 3 is 2.96 bits per heavy atom. The minimum Gasteiger partial charge on any atom is -0.337 e. The molecule has 0 N–H and O–H groups in total. The van der Waals surface area contributed by atoms with Crippen molar-refractivity contribution < 1.29 is 4.79 Å². The Kier molecular flexibility index (Phi) is 3.94. The summed E-state index contributed by atoms with van der Waals surface area (Å²) in [5.74, 6) is 0.381. The van der Waals surface area contributed by atoms with E-state index in [1.165, 1.54) is 11.1 Å². The molecule has 1 aliphatic heterocycles. The summed E-state index contributed by atoms with van der Waals surface area (Å²) >= 11 is 1.64. The van der Waals surface area contributed by atoms with Crippen molar-refractivity contribution in [2.24, 2.45) is 7.05 Å². The fourth-order valence-corrected chi connectivity index (χ4v) is 4.05. The van der Waals surface area contributed by atoms with Crippen LogP contribution in [0.25, 0.3) is 0 Å². The van der Waals surface area contributed by atoms with E-state index in [1.54, 1.807) is 11.3 Å². The molecule has 0 radical (unpaired) electrons. The molecule has 3 heterocycles. The predicted molar refractivity (Wildman–Crippen MR) is 94.9 cm³/mol. The van der Waals surface area contributed by atoms with Crippen LogP contribution >= 0.6 is 11.3 Å². The van der Waals surface area contributed by atoms with Crippen LogP contribution < -0.4 is 0 Å². The fraction of sp³-hybridized carbons (Fsp3) is 0.263. The van der Waals surface area contributed by atoms with E-state index in [-0.39, 0.29) is 11.8 Å². The maximum atomic E-state index is 12.8. The van der Waals surface area contributed by atoms with E-state index < -0.39 is 0 Å². The van der Waals surface area contributed by atoms with Crippen LogP contribution in [0.3, 0.4) is 0 Å². The molecule has 0 bridgehead atoms. The largest absolute Gasteiger partial charge is 0.337 e. The quantitative estimate of drug-likeness (QED) is 0.736. The molecule has 4 rings (SSSR count). The highest BCUT2D eigenvalue weighted by molar-refractivity contribution is 7.08. The van der Waals surface area contributed by atoms with Crippen molar-refractivity contribution in [1.29, 1.82) is 0 Å². The molecule has 1 aromatic carbocycles. The van der Waals surface area contributed by atoms with Gasteiger partial charge in [0, 0.05) is 32.3 Å². The van der Waals surface area contributed by atoms with Crippen LogP contribution in [0.4, 0.5) is 0 Å². The molecule has 4 nitrogen and oxygen atoms in total. The third kappa shape index (κ3) is 2.87. The molecule has 0 saturated heterocycles. The molecule has 1 amide bonds. The van der Waals surface area contributed by atoms with Gasteiger partial charge in [-0.1, -0.05) is 24.3 Å². The van der Waals surface area contributed by atoms with E-state index in [0.717, 1.165) is 11.1 Å². The smallest absolute Gasteiger partial charge is 0.227 e. The summed E-state index contributed by atoms with van der Waals surface area (Å²) in [5, 5.41) is 8.38. The molecule has 3 aromatic rings. The van der Waals surface area contributed by atoms with Crippen molar-refractivity contribution in [3.8, 4) is 0 Å². The van der Waals surface area contributed by atoms with E-state index in [1.807, 2.05) is 51.9 Å². The van der Waals surface area contributed by atoms with Crippen molar-refractivity contribution in [3.05, 3.63) is 75.7 Å². The van der Waals surface area contributed by atoms with Gasteiger partial charge in [0.15, 0.2) is 0 Å².